The van der Waals surface area contributed by atoms with Crippen LogP contribution in [0.15, 0.2) is 36.5 Å². The van der Waals surface area contributed by atoms with Crippen LogP contribution in [0.4, 0.5) is 0 Å². The number of carbonyl (C=O) groups is 1. The van der Waals surface area contributed by atoms with Crippen molar-refractivity contribution in [1.29, 1.82) is 0 Å². The zero-order valence-corrected chi connectivity index (χ0v) is 14.1. The van der Waals surface area contributed by atoms with Crippen LogP contribution in [0.5, 0.6) is 5.75 Å². The molecule has 0 radical (unpaired) electrons. The first-order valence-electron chi connectivity index (χ1n) is 8.28. The van der Waals surface area contributed by atoms with E-state index in [9.17, 15) is 4.79 Å². The summed E-state index contributed by atoms with van der Waals surface area (Å²) < 4.78 is 12.3. The predicted molar refractivity (Wildman–Crippen MR) is 90.6 cm³/mol. The predicted octanol–water partition coefficient (Wildman–Crippen LogP) is 2.38. The quantitative estimate of drug-likeness (QED) is 0.816. The zero-order valence-electron chi connectivity index (χ0n) is 14.1. The fourth-order valence-corrected chi connectivity index (χ4v) is 2.87. The molecule has 0 spiro atoms. The highest BCUT2D eigenvalue weighted by atomic mass is 16.5. The fourth-order valence-electron chi connectivity index (χ4n) is 2.87. The van der Waals surface area contributed by atoms with Crippen molar-refractivity contribution in [3.63, 3.8) is 0 Å². The number of hydrogen-bond donors (Lipinski definition) is 0. The SMILES string of the molecule is CCN(C[C@@H]1CCOC1)C(=O)c1ccn(-c2ccc(OC)cc2)n1. The summed E-state index contributed by atoms with van der Waals surface area (Å²) in [6.45, 7) is 4.93. The van der Waals surface area contributed by atoms with Crippen molar-refractivity contribution in [2.24, 2.45) is 5.92 Å². The van der Waals surface area contributed by atoms with E-state index in [-0.39, 0.29) is 5.91 Å². The summed E-state index contributed by atoms with van der Waals surface area (Å²) >= 11 is 0. The van der Waals surface area contributed by atoms with E-state index in [0.717, 1.165) is 37.6 Å². The van der Waals surface area contributed by atoms with Gasteiger partial charge in [-0.05, 0) is 43.7 Å². The van der Waals surface area contributed by atoms with E-state index in [0.29, 0.717) is 18.2 Å². The lowest BCUT2D eigenvalue weighted by molar-refractivity contribution is 0.0724. The largest absolute Gasteiger partial charge is 0.497 e. The van der Waals surface area contributed by atoms with Crippen molar-refractivity contribution in [2.45, 2.75) is 13.3 Å². The molecule has 0 aliphatic carbocycles. The van der Waals surface area contributed by atoms with Gasteiger partial charge in [-0.2, -0.15) is 5.10 Å². The maximum absolute atomic E-state index is 12.7. The first-order chi connectivity index (χ1) is 11.7. The normalized spacial score (nSPS) is 17.0. The molecule has 1 fully saturated rings. The molecule has 0 N–H and O–H groups in total. The highest BCUT2D eigenvalue weighted by Crippen LogP contribution is 2.17. The number of aromatic nitrogens is 2. The molecule has 1 saturated heterocycles. The second-order valence-electron chi connectivity index (χ2n) is 5.92. The van der Waals surface area contributed by atoms with Gasteiger partial charge in [-0.3, -0.25) is 4.79 Å². The van der Waals surface area contributed by atoms with Gasteiger partial charge in [-0.1, -0.05) is 0 Å². The minimum atomic E-state index is -0.0309. The third-order valence-corrected chi connectivity index (χ3v) is 4.32. The van der Waals surface area contributed by atoms with Crippen LogP contribution >= 0.6 is 0 Å². The van der Waals surface area contributed by atoms with Gasteiger partial charge in [0, 0.05) is 31.8 Å². The highest BCUT2D eigenvalue weighted by molar-refractivity contribution is 5.92. The first kappa shape index (κ1) is 16.5. The Morgan fingerprint density at radius 3 is 2.79 bits per heavy atom. The van der Waals surface area contributed by atoms with Crippen LogP contribution in [-0.4, -0.2) is 54.0 Å². The molecule has 1 aromatic carbocycles. The van der Waals surface area contributed by atoms with Gasteiger partial charge in [0.15, 0.2) is 5.69 Å². The number of nitrogens with zero attached hydrogens (tertiary/aromatic N) is 3. The fraction of sp³-hybridized carbons (Fsp3) is 0.444. The monoisotopic (exact) mass is 329 g/mol. The van der Waals surface area contributed by atoms with Gasteiger partial charge in [0.1, 0.15) is 5.75 Å². The van der Waals surface area contributed by atoms with Crippen LogP contribution in [0.3, 0.4) is 0 Å². The summed E-state index contributed by atoms with van der Waals surface area (Å²) in [5.41, 5.74) is 1.36. The van der Waals surface area contributed by atoms with Gasteiger partial charge in [0.2, 0.25) is 0 Å². The Bertz CT molecular complexity index is 675. The third-order valence-electron chi connectivity index (χ3n) is 4.32. The molecule has 6 nitrogen and oxygen atoms in total. The molecular weight excluding hydrogens is 306 g/mol. The standard InChI is InChI=1S/C18H23N3O3/c1-3-20(12-14-9-11-24-13-14)18(22)17-8-10-21(19-17)15-4-6-16(23-2)7-5-15/h4-8,10,14H,3,9,11-13H2,1-2H3/t14-/m0/s1. The number of carbonyl (C=O) groups excluding carboxylic acids is 1. The molecule has 1 aliphatic heterocycles. The van der Waals surface area contributed by atoms with E-state index in [1.54, 1.807) is 17.9 Å². The summed E-state index contributed by atoms with van der Waals surface area (Å²) in [6.07, 6.45) is 2.83. The lowest BCUT2D eigenvalue weighted by Crippen LogP contribution is -2.35. The molecule has 2 aromatic rings. The van der Waals surface area contributed by atoms with Crippen molar-refractivity contribution in [3.8, 4) is 11.4 Å². The Labute approximate surface area is 142 Å². The molecule has 2 heterocycles. The number of ether oxygens (including phenoxy) is 2. The minimum Gasteiger partial charge on any atom is -0.497 e. The van der Waals surface area contributed by atoms with Gasteiger partial charge in [-0.25, -0.2) is 4.68 Å². The minimum absolute atomic E-state index is 0.0309. The lowest BCUT2D eigenvalue weighted by atomic mass is 10.1. The van der Waals surface area contributed by atoms with Crippen LogP contribution in [0, 0.1) is 5.92 Å². The van der Waals surface area contributed by atoms with Gasteiger partial charge in [0.05, 0.1) is 19.4 Å². The number of amides is 1. The van der Waals surface area contributed by atoms with Crippen molar-refractivity contribution >= 4 is 5.91 Å². The zero-order chi connectivity index (χ0) is 16.9. The molecule has 3 rings (SSSR count). The lowest BCUT2D eigenvalue weighted by Gasteiger charge is -2.22. The average molecular weight is 329 g/mol. The van der Waals surface area contributed by atoms with Gasteiger partial charge >= 0.3 is 0 Å². The average Bonchev–Trinajstić information content (AvgIpc) is 3.31. The molecule has 0 unspecified atom stereocenters. The van der Waals surface area contributed by atoms with Crippen LogP contribution < -0.4 is 4.74 Å². The third kappa shape index (κ3) is 3.59. The van der Waals surface area contributed by atoms with E-state index in [2.05, 4.69) is 5.10 Å². The van der Waals surface area contributed by atoms with Crippen molar-refractivity contribution in [3.05, 3.63) is 42.2 Å². The molecule has 0 bridgehead atoms. The van der Waals surface area contributed by atoms with E-state index in [1.807, 2.05) is 42.3 Å². The Balaban J connectivity index is 1.71. The Morgan fingerprint density at radius 2 is 2.17 bits per heavy atom. The smallest absolute Gasteiger partial charge is 0.274 e. The van der Waals surface area contributed by atoms with Crippen LogP contribution in [0.25, 0.3) is 5.69 Å². The summed E-state index contributed by atoms with van der Waals surface area (Å²) in [5.74, 6) is 1.19. The topological polar surface area (TPSA) is 56.6 Å². The molecule has 6 heteroatoms. The second-order valence-corrected chi connectivity index (χ2v) is 5.92. The molecule has 1 amide bonds. The van der Waals surface area contributed by atoms with E-state index < -0.39 is 0 Å². The number of hydrogen-bond acceptors (Lipinski definition) is 4. The molecule has 24 heavy (non-hydrogen) atoms. The van der Waals surface area contributed by atoms with Gasteiger partial charge in [-0.15, -0.1) is 0 Å². The number of rotatable bonds is 6. The Kier molecular flexibility index (Phi) is 5.15. The summed E-state index contributed by atoms with van der Waals surface area (Å²) in [7, 11) is 1.63. The molecule has 1 atom stereocenters. The number of methoxy groups -OCH3 is 1. The van der Waals surface area contributed by atoms with E-state index >= 15 is 0 Å². The molecular formula is C18H23N3O3. The van der Waals surface area contributed by atoms with E-state index in [1.165, 1.54) is 0 Å². The van der Waals surface area contributed by atoms with Crippen LogP contribution in [-0.2, 0) is 4.74 Å². The summed E-state index contributed by atoms with van der Waals surface area (Å²) in [4.78, 5) is 14.5. The van der Waals surface area contributed by atoms with Crippen molar-refractivity contribution in [2.75, 3.05) is 33.4 Å². The molecule has 1 aliphatic rings. The molecule has 128 valence electrons. The first-order valence-corrected chi connectivity index (χ1v) is 8.28. The Hall–Kier alpha value is -2.34. The van der Waals surface area contributed by atoms with Crippen LogP contribution in [0.2, 0.25) is 0 Å². The molecule has 1 aromatic heterocycles. The van der Waals surface area contributed by atoms with Crippen molar-refractivity contribution in [1.82, 2.24) is 14.7 Å². The number of benzene rings is 1. The molecule has 0 saturated carbocycles. The summed E-state index contributed by atoms with van der Waals surface area (Å²) in [6, 6.07) is 9.33. The second kappa shape index (κ2) is 7.49. The van der Waals surface area contributed by atoms with Gasteiger partial charge in [0.25, 0.3) is 5.91 Å². The maximum Gasteiger partial charge on any atom is 0.274 e. The van der Waals surface area contributed by atoms with Crippen LogP contribution in [0.1, 0.15) is 23.8 Å². The van der Waals surface area contributed by atoms with E-state index in [4.69, 9.17) is 9.47 Å². The highest BCUT2D eigenvalue weighted by Gasteiger charge is 2.23. The summed E-state index contributed by atoms with van der Waals surface area (Å²) in [5, 5.41) is 4.43. The maximum atomic E-state index is 12.7. The van der Waals surface area contributed by atoms with Gasteiger partial charge < -0.3 is 14.4 Å². The Morgan fingerprint density at radius 1 is 1.38 bits per heavy atom. The van der Waals surface area contributed by atoms with Crippen molar-refractivity contribution < 1.29 is 14.3 Å².